The molecule has 1 aliphatic heterocycles. The summed E-state index contributed by atoms with van der Waals surface area (Å²) in [7, 11) is 0. The first-order valence-electron chi connectivity index (χ1n) is 9.18. The molecule has 0 aromatic rings. The van der Waals surface area contributed by atoms with E-state index in [1.165, 1.54) is 24.8 Å². The molecule has 1 unspecified atom stereocenters. The van der Waals surface area contributed by atoms with Crippen LogP contribution in [0.1, 0.15) is 59.3 Å². The summed E-state index contributed by atoms with van der Waals surface area (Å²) in [5.41, 5.74) is 9.63. The molecule has 1 heterocycles. The van der Waals surface area contributed by atoms with Crippen LogP contribution in [0.2, 0.25) is 0 Å². The lowest BCUT2D eigenvalue weighted by Gasteiger charge is -2.46. The fourth-order valence-corrected chi connectivity index (χ4v) is 4.07. The molecule has 0 bridgehead atoms. The van der Waals surface area contributed by atoms with Crippen molar-refractivity contribution in [2.24, 2.45) is 11.1 Å². The third-order valence-electron chi connectivity index (χ3n) is 5.67. The summed E-state index contributed by atoms with van der Waals surface area (Å²) in [6.45, 7) is 6.25. The van der Waals surface area contributed by atoms with E-state index >= 15 is 0 Å². The SMILES string of the molecule is CC(C)(C)[C@H]1CC2=C(C=CC(=C3CCCCC3)C2O)[C@@](O)(CN)O1. The van der Waals surface area contributed by atoms with Crippen molar-refractivity contribution in [3.8, 4) is 0 Å². The van der Waals surface area contributed by atoms with Gasteiger partial charge in [0.15, 0.2) is 0 Å². The Morgan fingerprint density at radius 1 is 1.21 bits per heavy atom. The summed E-state index contributed by atoms with van der Waals surface area (Å²) in [5.74, 6) is -1.51. The third kappa shape index (κ3) is 3.13. The second-order valence-corrected chi connectivity index (χ2v) is 8.46. The summed E-state index contributed by atoms with van der Waals surface area (Å²) in [5, 5.41) is 22.0. The predicted octanol–water partition coefficient (Wildman–Crippen LogP) is 2.96. The molecule has 0 radical (unpaired) electrons. The van der Waals surface area contributed by atoms with Gasteiger partial charge in [0, 0.05) is 5.57 Å². The molecular weight excluding hydrogens is 302 g/mol. The molecule has 0 spiro atoms. The van der Waals surface area contributed by atoms with E-state index in [-0.39, 0.29) is 18.1 Å². The van der Waals surface area contributed by atoms with Gasteiger partial charge in [-0.15, -0.1) is 0 Å². The van der Waals surface area contributed by atoms with Crippen molar-refractivity contribution >= 4 is 0 Å². The van der Waals surface area contributed by atoms with E-state index in [0.29, 0.717) is 12.0 Å². The minimum absolute atomic E-state index is 0.0125. The molecule has 4 nitrogen and oxygen atoms in total. The maximum absolute atomic E-state index is 11.1. The van der Waals surface area contributed by atoms with Gasteiger partial charge >= 0.3 is 0 Å². The predicted molar refractivity (Wildman–Crippen MR) is 95.2 cm³/mol. The molecule has 1 fully saturated rings. The van der Waals surface area contributed by atoms with Gasteiger partial charge in [0.25, 0.3) is 0 Å². The lowest BCUT2D eigenvalue weighted by molar-refractivity contribution is -0.225. The monoisotopic (exact) mass is 333 g/mol. The number of hydrogen-bond donors (Lipinski definition) is 3. The van der Waals surface area contributed by atoms with E-state index < -0.39 is 11.9 Å². The molecule has 134 valence electrons. The Balaban J connectivity index is 2.00. The van der Waals surface area contributed by atoms with Crippen molar-refractivity contribution in [1.29, 1.82) is 0 Å². The van der Waals surface area contributed by atoms with Crippen LogP contribution in [0.5, 0.6) is 0 Å². The minimum atomic E-state index is -1.51. The standard InChI is InChI=1S/C20H31NO3/c1-19(2,3)17-11-15-16(20(23,12-21)24-17)10-9-14(18(15)22)13-7-5-4-6-8-13/h9-10,17-18,22-23H,4-8,11-12,21H2,1-3H3/t17-,18?,20-/m1/s1. The van der Waals surface area contributed by atoms with Gasteiger partial charge in [0.05, 0.1) is 12.6 Å². The number of ether oxygens (including phenoxy) is 1. The second kappa shape index (κ2) is 6.41. The van der Waals surface area contributed by atoms with Crippen molar-refractivity contribution in [1.82, 2.24) is 0 Å². The second-order valence-electron chi connectivity index (χ2n) is 8.46. The molecule has 24 heavy (non-hydrogen) atoms. The summed E-state index contributed by atoms with van der Waals surface area (Å²) in [6, 6.07) is 0. The normalized spacial score (nSPS) is 34.6. The smallest absolute Gasteiger partial charge is 0.205 e. The molecular formula is C20H31NO3. The van der Waals surface area contributed by atoms with Gasteiger partial charge in [0.1, 0.15) is 6.10 Å². The van der Waals surface area contributed by atoms with E-state index in [1.807, 2.05) is 12.2 Å². The first-order valence-corrected chi connectivity index (χ1v) is 9.18. The van der Waals surface area contributed by atoms with Crippen molar-refractivity contribution in [2.45, 2.75) is 77.3 Å². The summed E-state index contributed by atoms with van der Waals surface area (Å²) >= 11 is 0. The van der Waals surface area contributed by atoms with Crippen LogP contribution in [-0.4, -0.2) is 34.8 Å². The van der Waals surface area contributed by atoms with Crippen LogP contribution in [0.3, 0.4) is 0 Å². The fourth-order valence-electron chi connectivity index (χ4n) is 4.07. The van der Waals surface area contributed by atoms with E-state index in [4.69, 9.17) is 10.5 Å². The molecule has 0 amide bonds. The van der Waals surface area contributed by atoms with E-state index in [2.05, 4.69) is 20.8 Å². The molecule has 1 saturated carbocycles. The highest BCUT2D eigenvalue weighted by molar-refractivity contribution is 5.51. The van der Waals surface area contributed by atoms with Gasteiger partial charge in [-0.1, -0.05) is 44.9 Å². The molecule has 4 heteroatoms. The lowest BCUT2D eigenvalue weighted by atomic mass is 9.74. The van der Waals surface area contributed by atoms with E-state index in [0.717, 1.165) is 24.0 Å². The zero-order valence-corrected chi connectivity index (χ0v) is 15.1. The van der Waals surface area contributed by atoms with Gasteiger partial charge in [-0.3, -0.25) is 0 Å². The van der Waals surface area contributed by atoms with Gasteiger partial charge in [-0.25, -0.2) is 0 Å². The third-order valence-corrected chi connectivity index (χ3v) is 5.67. The Kier molecular flexibility index (Phi) is 4.77. The number of nitrogens with two attached hydrogens (primary N) is 1. The van der Waals surface area contributed by atoms with Crippen molar-refractivity contribution in [3.63, 3.8) is 0 Å². The number of hydrogen-bond acceptors (Lipinski definition) is 4. The highest BCUT2D eigenvalue weighted by Crippen LogP contribution is 2.44. The highest BCUT2D eigenvalue weighted by Gasteiger charge is 2.46. The van der Waals surface area contributed by atoms with Gasteiger partial charge in [0.2, 0.25) is 5.79 Å². The van der Waals surface area contributed by atoms with Crippen molar-refractivity contribution in [2.75, 3.05) is 6.54 Å². The number of aliphatic hydroxyl groups is 2. The summed E-state index contributed by atoms with van der Waals surface area (Å²) in [4.78, 5) is 0. The highest BCUT2D eigenvalue weighted by atomic mass is 16.6. The Labute approximate surface area is 145 Å². The maximum Gasteiger partial charge on any atom is 0.205 e. The van der Waals surface area contributed by atoms with Crippen LogP contribution >= 0.6 is 0 Å². The fraction of sp³-hybridized carbons (Fsp3) is 0.700. The molecule has 3 atom stereocenters. The molecule has 0 saturated heterocycles. The van der Waals surface area contributed by atoms with Crippen LogP contribution in [-0.2, 0) is 4.74 Å². The minimum Gasteiger partial charge on any atom is -0.384 e. The summed E-state index contributed by atoms with van der Waals surface area (Å²) < 4.78 is 5.98. The Hall–Kier alpha value is -0.940. The zero-order chi connectivity index (χ0) is 17.5. The van der Waals surface area contributed by atoms with Crippen LogP contribution in [0, 0.1) is 5.41 Å². The van der Waals surface area contributed by atoms with Crippen LogP contribution < -0.4 is 5.73 Å². The molecule has 3 aliphatic rings. The van der Waals surface area contributed by atoms with Crippen molar-refractivity contribution < 1.29 is 14.9 Å². The topological polar surface area (TPSA) is 75.7 Å². The molecule has 3 rings (SSSR count). The van der Waals surface area contributed by atoms with Gasteiger partial charge in [-0.05, 0) is 48.7 Å². The zero-order valence-electron chi connectivity index (χ0n) is 15.1. The maximum atomic E-state index is 11.1. The number of rotatable bonds is 1. The molecule has 4 N–H and O–H groups in total. The lowest BCUT2D eigenvalue weighted by Crippen LogP contribution is -2.53. The van der Waals surface area contributed by atoms with Gasteiger partial charge < -0.3 is 20.7 Å². The van der Waals surface area contributed by atoms with Gasteiger partial charge in [-0.2, -0.15) is 0 Å². The molecule has 2 aliphatic carbocycles. The Morgan fingerprint density at radius 2 is 1.88 bits per heavy atom. The average molecular weight is 333 g/mol. The van der Waals surface area contributed by atoms with Crippen LogP contribution in [0.4, 0.5) is 0 Å². The summed E-state index contributed by atoms with van der Waals surface area (Å²) in [6.07, 6.45) is 9.49. The Morgan fingerprint density at radius 3 is 2.46 bits per heavy atom. The van der Waals surface area contributed by atoms with E-state index in [9.17, 15) is 10.2 Å². The van der Waals surface area contributed by atoms with E-state index in [1.54, 1.807) is 0 Å². The number of aliphatic hydroxyl groups excluding tert-OH is 1. The molecule has 0 aromatic heterocycles. The largest absolute Gasteiger partial charge is 0.384 e. The average Bonchev–Trinajstić information content (AvgIpc) is 2.55. The quantitative estimate of drug-likeness (QED) is 0.689. The van der Waals surface area contributed by atoms with Crippen LogP contribution in [0.15, 0.2) is 34.4 Å². The Bertz CT molecular complexity index is 588. The molecule has 0 aromatic carbocycles. The number of allylic oxidation sites excluding steroid dienone is 1. The first kappa shape index (κ1) is 17.9. The van der Waals surface area contributed by atoms with Crippen molar-refractivity contribution in [3.05, 3.63) is 34.4 Å². The first-order chi connectivity index (χ1) is 11.3. The van der Waals surface area contributed by atoms with Crippen LogP contribution in [0.25, 0.3) is 0 Å².